The third kappa shape index (κ3) is 3.62. The zero-order chi connectivity index (χ0) is 14.4. The van der Waals surface area contributed by atoms with Gasteiger partial charge in [0.2, 0.25) is 0 Å². The second-order valence-corrected chi connectivity index (χ2v) is 4.86. The SMILES string of the molecule is CN(CCc1ccncc1)C(CN)c1ccccc1F. The van der Waals surface area contributed by atoms with E-state index in [0.29, 0.717) is 12.1 Å². The van der Waals surface area contributed by atoms with Gasteiger partial charge < -0.3 is 5.73 Å². The number of hydrogen-bond acceptors (Lipinski definition) is 3. The van der Waals surface area contributed by atoms with E-state index in [1.807, 2.05) is 25.2 Å². The summed E-state index contributed by atoms with van der Waals surface area (Å²) in [5.74, 6) is -0.196. The number of likely N-dealkylation sites (N-methyl/N-ethyl adjacent to an activating group) is 1. The largest absolute Gasteiger partial charge is 0.329 e. The van der Waals surface area contributed by atoms with E-state index in [1.165, 1.54) is 11.6 Å². The van der Waals surface area contributed by atoms with Gasteiger partial charge in [-0.2, -0.15) is 0 Å². The van der Waals surface area contributed by atoms with Crippen LogP contribution < -0.4 is 5.73 Å². The van der Waals surface area contributed by atoms with E-state index in [9.17, 15) is 4.39 Å². The number of nitrogens with zero attached hydrogens (tertiary/aromatic N) is 2. The Bertz CT molecular complexity index is 530. The van der Waals surface area contributed by atoms with Crippen LogP contribution in [0.2, 0.25) is 0 Å². The summed E-state index contributed by atoms with van der Waals surface area (Å²) in [7, 11) is 1.98. The highest BCUT2D eigenvalue weighted by atomic mass is 19.1. The number of rotatable bonds is 6. The van der Waals surface area contributed by atoms with Gasteiger partial charge in [-0.05, 0) is 37.2 Å². The molecule has 106 valence electrons. The molecule has 1 unspecified atom stereocenters. The van der Waals surface area contributed by atoms with Crippen LogP contribution in [0.25, 0.3) is 0 Å². The van der Waals surface area contributed by atoms with E-state index >= 15 is 0 Å². The molecular weight excluding hydrogens is 253 g/mol. The van der Waals surface area contributed by atoms with Crippen molar-refractivity contribution in [3.8, 4) is 0 Å². The topological polar surface area (TPSA) is 42.2 Å². The zero-order valence-corrected chi connectivity index (χ0v) is 11.7. The van der Waals surface area contributed by atoms with Crippen LogP contribution in [0.3, 0.4) is 0 Å². The van der Waals surface area contributed by atoms with E-state index in [4.69, 9.17) is 5.73 Å². The standard InChI is InChI=1S/C16H20FN3/c1-20(11-8-13-6-9-19-10-7-13)16(12-18)14-4-2-3-5-15(14)17/h2-7,9-10,16H,8,11-12,18H2,1H3. The molecule has 0 saturated carbocycles. The first-order valence-electron chi connectivity index (χ1n) is 6.76. The molecule has 1 atom stereocenters. The van der Waals surface area contributed by atoms with Crippen LogP contribution in [-0.2, 0) is 6.42 Å². The van der Waals surface area contributed by atoms with E-state index in [-0.39, 0.29) is 11.9 Å². The Hall–Kier alpha value is -1.78. The van der Waals surface area contributed by atoms with Gasteiger partial charge in [0, 0.05) is 37.1 Å². The number of hydrogen-bond donors (Lipinski definition) is 1. The summed E-state index contributed by atoms with van der Waals surface area (Å²) in [6.45, 7) is 1.22. The smallest absolute Gasteiger partial charge is 0.128 e. The van der Waals surface area contributed by atoms with Gasteiger partial charge in [0.05, 0.1) is 0 Å². The van der Waals surface area contributed by atoms with Crippen LogP contribution in [-0.4, -0.2) is 30.0 Å². The van der Waals surface area contributed by atoms with Crippen molar-refractivity contribution in [2.24, 2.45) is 5.73 Å². The molecule has 2 rings (SSSR count). The van der Waals surface area contributed by atoms with Gasteiger partial charge in [-0.15, -0.1) is 0 Å². The van der Waals surface area contributed by atoms with Crippen LogP contribution in [0.1, 0.15) is 17.2 Å². The maximum absolute atomic E-state index is 13.9. The lowest BCUT2D eigenvalue weighted by Crippen LogP contribution is -2.32. The minimum atomic E-state index is -0.196. The van der Waals surface area contributed by atoms with Gasteiger partial charge in [-0.3, -0.25) is 9.88 Å². The van der Waals surface area contributed by atoms with Crippen molar-refractivity contribution in [2.45, 2.75) is 12.5 Å². The first-order valence-corrected chi connectivity index (χ1v) is 6.76. The van der Waals surface area contributed by atoms with E-state index in [2.05, 4.69) is 9.88 Å². The van der Waals surface area contributed by atoms with Crippen molar-refractivity contribution >= 4 is 0 Å². The van der Waals surface area contributed by atoms with Crippen LogP contribution in [0, 0.1) is 5.82 Å². The van der Waals surface area contributed by atoms with Gasteiger partial charge in [0.15, 0.2) is 0 Å². The highest BCUT2D eigenvalue weighted by Gasteiger charge is 2.18. The lowest BCUT2D eigenvalue weighted by atomic mass is 10.0. The predicted molar refractivity (Wildman–Crippen MR) is 78.8 cm³/mol. The van der Waals surface area contributed by atoms with Crippen molar-refractivity contribution in [1.82, 2.24) is 9.88 Å². The van der Waals surface area contributed by atoms with Crippen molar-refractivity contribution < 1.29 is 4.39 Å². The molecule has 3 nitrogen and oxygen atoms in total. The number of nitrogens with two attached hydrogens (primary N) is 1. The highest BCUT2D eigenvalue weighted by Crippen LogP contribution is 2.21. The molecule has 0 amide bonds. The number of aromatic nitrogens is 1. The zero-order valence-electron chi connectivity index (χ0n) is 11.7. The first-order chi connectivity index (χ1) is 9.72. The fraction of sp³-hybridized carbons (Fsp3) is 0.312. The molecule has 0 spiro atoms. The molecule has 0 radical (unpaired) electrons. The Morgan fingerprint density at radius 3 is 2.55 bits per heavy atom. The summed E-state index contributed by atoms with van der Waals surface area (Å²) in [6, 6.07) is 10.7. The summed E-state index contributed by atoms with van der Waals surface area (Å²) in [6.07, 6.45) is 4.46. The van der Waals surface area contributed by atoms with Gasteiger partial charge in [0.25, 0.3) is 0 Å². The molecule has 2 N–H and O–H groups in total. The average molecular weight is 273 g/mol. The normalized spacial score (nSPS) is 12.6. The molecule has 0 aliphatic heterocycles. The minimum Gasteiger partial charge on any atom is -0.329 e. The summed E-state index contributed by atoms with van der Waals surface area (Å²) in [5, 5.41) is 0. The molecule has 0 bridgehead atoms. The van der Waals surface area contributed by atoms with E-state index < -0.39 is 0 Å². The molecule has 1 aromatic heterocycles. The third-order valence-corrected chi connectivity index (χ3v) is 3.52. The quantitative estimate of drug-likeness (QED) is 0.878. The lowest BCUT2D eigenvalue weighted by molar-refractivity contribution is 0.248. The Labute approximate surface area is 119 Å². The van der Waals surface area contributed by atoms with E-state index in [1.54, 1.807) is 24.5 Å². The summed E-state index contributed by atoms with van der Waals surface area (Å²) in [4.78, 5) is 6.10. The van der Waals surface area contributed by atoms with Crippen LogP contribution in [0.5, 0.6) is 0 Å². The van der Waals surface area contributed by atoms with Gasteiger partial charge in [-0.25, -0.2) is 4.39 Å². The summed E-state index contributed by atoms with van der Waals surface area (Å²) in [5.41, 5.74) is 7.70. The number of pyridine rings is 1. The minimum absolute atomic E-state index is 0.0990. The highest BCUT2D eigenvalue weighted by molar-refractivity contribution is 5.21. The van der Waals surface area contributed by atoms with Crippen molar-refractivity contribution in [2.75, 3.05) is 20.1 Å². The summed E-state index contributed by atoms with van der Waals surface area (Å²) < 4.78 is 13.9. The van der Waals surface area contributed by atoms with Crippen LogP contribution >= 0.6 is 0 Å². The Morgan fingerprint density at radius 1 is 1.20 bits per heavy atom. The van der Waals surface area contributed by atoms with Crippen molar-refractivity contribution in [3.05, 3.63) is 65.7 Å². The molecule has 0 fully saturated rings. The molecule has 0 aliphatic rings. The number of halogens is 1. The lowest BCUT2D eigenvalue weighted by Gasteiger charge is -2.27. The van der Waals surface area contributed by atoms with Crippen LogP contribution in [0.4, 0.5) is 4.39 Å². The van der Waals surface area contributed by atoms with Crippen LogP contribution in [0.15, 0.2) is 48.8 Å². The first kappa shape index (κ1) is 14.6. The molecule has 0 saturated heterocycles. The molecular formula is C16H20FN3. The van der Waals surface area contributed by atoms with Crippen molar-refractivity contribution in [1.29, 1.82) is 0 Å². The second-order valence-electron chi connectivity index (χ2n) is 4.86. The van der Waals surface area contributed by atoms with Gasteiger partial charge >= 0.3 is 0 Å². The second kappa shape index (κ2) is 7.12. The Morgan fingerprint density at radius 2 is 1.90 bits per heavy atom. The fourth-order valence-electron chi connectivity index (χ4n) is 2.30. The monoisotopic (exact) mass is 273 g/mol. The number of benzene rings is 1. The Balaban J connectivity index is 2.03. The third-order valence-electron chi connectivity index (χ3n) is 3.52. The van der Waals surface area contributed by atoms with Crippen molar-refractivity contribution in [3.63, 3.8) is 0 Å². The molecule has 1 heterocycles. The fourth-order valence-corrected chi connectivity index (χ4v) is 2.30. The average Bonchev–Trinajstić information content (AvgIpc) is 2.49. The maximum Gasteiger partial charge on any atom is 0.128 e. The molecule has 1 aromatic carbocycles. The predicted octanol–water partition coefficient (Wildman–Crippen LogP) is 2.40. The molecule has 2 aromatic rings. The van der Waals surface area contributed by atoms with Gasteiger partial charge in [0.1, 0.15) is 5.82 Å². The summed E-state index contributed by atoms with van der Waals surface area (Å²) >= 11 is 0. The van der Waals surface area contributed by atoms with E-state index in [0.717, 1.165) is 13.0 Å². The molecule has 20 heavy (non-hydrogen) atoms. The Kier molecular flexibility index (Phi) is 5.21. The molecule has 0 aliphatic carbocycles. The maximum atomic E-state index is 13.9. The molecule has 4 heteroatoms. The van der Waals surface area contributed by atoms with Gasteiger partial charge in [-0.1, -0.05) is 18.2 Å².